The molecule has 3 aliphatic carbocycles. The highest BCUT2D eigenvalue weighted by Crippen LogP contribution is 2.52. The van der Waals surface area contributed by atoms with Gasteiger partial charge in [0, 0.05) is 0 Å². The maximum atomic E-state index is 2.44. The van der Waals surface area contributed by atoms with Crippen molar-refractivity contribution in [3.8, 4) is 0 Å². The van der Waals surface area contributed by atoms with E-state index in [9.17, 15) is 0 Å². The Morgan fingerprint density at radius 1 is 1.00 bits per heavy atom. The SMILES string of the molecule is C1=CC2C3C=CC(C3)C2C1.S. The van der Waals surface area contributed by atoms with Crippen LogP contribution in [0, 0.1) is 23.7 Å². The second kappa shape index (κ2) is 2.41. The van der Waals surface area contributed by atoms with E-state index in [-0.39, 0.29) is 13.5 Å². The van der Waals surface area contributed by atoms with Crippen LogP contribution in [0.1, 0.15) is 12.8 Å². The summed E-state index contributed by atoms with van der Waals surface area (Å²) in [5.74, 6) is 3.82. The van der Waals surface area contributed by atoms with E-state index in [0.717, 1.165) is 23.7 Å². The van der Waals surface area contributed by atoms with E-state index in [1.54, 1.807) is 0 Å². The number of hydrogen-bond donors (Lipinski definition) is 0. The smallest absolute Gasteiger partial charge is 0.0133 e. The van der Waals surface area contributed by atoms with Gasteiger partial charge in [-0.3, -0.25) is 0 Å². The van der Waals surface area contributed by atoms with Crippen LogP contribution in [0.2, 0.25) is 0 Å². The van der Waals surface area contributed by atoms with E-state index in [1.807, 2.05) is 0 Å². The van der Waals surface area contributed by atoms with E-state index < -0.39 is 0 Å². The number of fused-ring (bicyclic) bond motifs is 5. The van der Waals surface area contributed by atoms with Crippen LogP contribution in [-0.4, -0.2) is 0 Å². The van der Waals surface area contributed by atoms with Crippen LogP contribution < -0.4 is 0 Å². The van der Waals surface area contributed by atoms with Gasteiger partial charge in [0.15, 0.2) is 0 Å². The van der Waals surface area contributed by atoms with Crippen molar-refractivity contribution in [3.63, 3.8) is 0 Å². The van der Waals surface area contributed by atoms with Crippen LogP contribution in [0.5, 0.6) is 0 Å². The molecule has 0 saturated heterocycles. The third kappa shape index (κ3) is 0.837. The van der Waals surface area contributed by atoms with Gasteiger partial charge in [0.05, 0.1) is 0 Å². The summed E-state index contributed by atoms with van der Waals surface area (Å²) in [7, 11) is 0. The Morgan fingerprint density at radius 3 is 2.64 bits per heavy atom. The van der Waals surface area contributed by atoms with Gasteiger partial charge in [-0.05, 0) is 36.5 Å². The van der Waals surface area contributed by atoms with Gasteiger partial charge in [0.1, 0.15) is 0 Å². The predicted molar refractivity (Wildman–Crippen MR) is 51.9 cm³/mol. The first-order chi connectivity index (χ1) is 4.95. The molecular weight excluding hydrogens is 152 g/mol. The molecule has 0 heterocycles. The minimum Gasteiger partial charge on any atom is -0.197 e. The molecule has 0 aromatic heterocycles. The highest BCUT2D eigenvalue weighted by molar-refractivity contribution is 7.59. The van der Waals surface area contributed by atoms with Gasteiger partial charge in [0.2, 0.25) is 0 Å². The Hall–Kier alpha value is -0.170. The minimum absolute atomic E-state index is 0. The normalized spacial score (nSPS) is 49.5. The van der Waals surface area contributed by atoms with E-state index in [2.05, 4.69) is 24.3 Å². The topological polar surface area (TPSA) is 0 Å². The lowest BCUT2D eigenvalue weighted by molar-refractivity contribution is 0.398. The van der Waals surface area contributed by atoms with Crippen molar-refractivity contribution in [2.24, 2.45) is 23.7 Å². The number of rotatable bonds is 0. The fraction of sp³-hybridized carbons (Fsp3) is 0.600. The maximum Gasteiger partial charge on any atom is -0.0133 e. The zero-order valence-corrected chi connectivity index (χ0v) is 7.53. The Balaban J connectivity index is 0.000000480. The van der Waals surface area contributed by atoms with Gasteiger partial charge < -0.3 is 0 Å². The molecule has 2 bridgehead atoms. The summed E-state index contributed by atoms with van der Waals surface area (Å²) in [5, 5.41) is 0. The Labute approximate surface area is 74.8 Å². The Kier molecular flexibility index (Phi) is 1.64. The lowest BCUT2D eigenvalue weighted by Crippen LogP contribution is -2.12. The molecule has 1 saturated carbocycles. The second-order valence-corrected chi connectivity index (χ2v) is 3.85. The molecule has 0 aromatic carbocycles. The fourth-order valence-electron chi connectivity index (χ4n) is 2.97. The van der Waals surface area contributed by atoms with E-state index in [1.165, 1.54) is 12.8 Å². The number of hydrogen-bond acceptors (Lipinski definition) is 0. The zero-order valence-electron chi connectivity index (χ0n) is 6.53. The number of allylic oxidation sites excluding steroid dienone is 4. The zero-order chi connectivity index (χ0) is 6.55. The summed E-state index contributed by atoms with van der Waals surface area (Å²) in [6.07, 6.45) is 12.5. The molecule has 4 unspecified atom stereocenters. The first-order valence-electron chi connectivity index (χ1n) is 4.30. The predicted octanol–water partition coefficient (Wildman–Crippen LogP) is 2.50. The van der Waals surface area contributed by atoms with Crippen molar-refractivity contribution < 1.29 is 0 Å². The molecule has 0 nitrogen and oxygen atoms in total. The molecule has 3 rings (SSSR count). The average Bonchev–Trinajstić information content (AvgIpc) is 2.60. The van der Waals surface area contributed by atoms with Crippen molar-refractivity contribution in [1.82, 2.24) is 0 Å². The van der Waals surface area contributed by atoms with E-state index in [0.29, 0.717) is 0 Å². The molecule has 0 aliphatic heterocycles. The maximum absolute atomic E-state index is 2.44. The summed E-state index contributed by atoms with van der Waals surface area (Å²) in [4.78, 5) is 0. The molecule has 4 atom stereocenters. The van der Waals surface area contributed by atoms with Crippen LogP contribution in [0.25, 0.3) is 0 Å². The largest absolute Gasteiger partial charge is 0.197 e. The van der Waals surface area contributed by atoms with Gasteiger partial charge in [-0.1, -0.05) is 24.3 Å². The molecule has 1 fully saturated rings. The standard InChI is InChI=1S/C10H12.H2S/c1-2-9-7-4-5-8(6-7)10(9)3-1;/h1-2,4-5,7-10H,3,6H2;1H2. The van der Waals surface area contributed by atoms with Crippen LogP contribution in [-0.2, 0) is 0 Å². The molecule has 0 N–H and O–H groups in total. The second-order valence-electron chi connectivity index (χ2n) is 3.85. The molecule has 60 valence electrons. The molecule has 0 aromatic rings. The van der Waals surface area contributed by atoms with E-state index >= 15 is 0 Å². The lowest BCUT2D eigenvalue weighted by Gasteiger charge is -2.18. The first kappa shape index (κ1) is 7.48. The summed E-state index contributed by atoms with van der Waals surface area (Å²) >= 11 is 0. The van der Waals surface area contributed by atoms with Gasteiger partial charge in [-0.2, -0.15) is 13.5 Å². The van der Waals surface area contributed by atoms with Gasteiger partial charge in [-0.25, -0.2) is 0 Å². The van der Waals surface area contributed by atoms with Crippen molar-refractivity contribution in [1.29, 1.82) is 0 Å². The summed E-state index contributed by atoms with van der Waals surface area (Å²) < 4.78 is 0. The average molecular weight is 166 g/mol. The van der Waals surface area contributed by atoms with Gasteiger partial charge >= 0.3 is 0 Å². The van der Waals surface area contributed by atoms with Crippen LogP contribution in [0.4, 0.5) is 0 Å². The minimum atomic E-state index is 0. The van der Waals surface area contributed by atoms with E-state index in [4.69, 9.17) is 0 Å². The Bertz CT molecular complexity index is 217. The Morgan fingerprint density at radius 2 is 1.82 bits per heavy atom. The van der Waals surface area contributed by atoms with Crippen molar-refractivity contribution >= 4 is 13.5 Å². The van der Waals surface area contributed by atoms with Crippen LogP contribution in [0.3, 0.4) is 0 Å². The first-order valence-corrected chi connectivity index (χ1v) is 4.30. The highest BCUT2D eigenvalue weighted by atomic mass is 32.1. The quantitative estimate of drug-likeness (QED) is 0.485. The highest BCUT2D eigenvalue weighted by Gasteiger charge is 2.44. The van der Waals surface area contributed by atoms with Crippen LogP contribution in [0.15, 0.2) is 24.3 Å². The molecule has 0 spiro atoms. The van der Waals surface area contributed by atoms with Crippen molar-refractivity contribution in [2.45, 2.75) is 12.8 Å². The van der Waals surface area contributed by atoms with Gasteiger partial charge in [0.25, 0.3) is 0 Å². The van der Waals surface area contributed by atoms with Crippen molar-refractivity contribution in [3.05, 3.63) is 24.3 Å². The molecular formula is C10H14S. The fourth-order valence-corrected chi connectivity index (χ4v) is 2.97. The third-order valence-electron chi connectivity index (χ3n) is 3.46. The molecule has 0 amide bonds. The molecule has 0 radical (unpaired) electrons. The summed E-state index contributed by atoms with van der Waals surface area (Å²) in [6.45, 7) is 0. The molecule has 11 heavy (non-hydrogen) atoms. The summed E-state index contributed by atoms with van der Waals surface area (Å²) in [6, 6.07) is 0. The lowest BCUT2D eigenvalue weighted by atomic mass is 9.86. The summed E-state index contributed by atoms with van der Waals surface area (Å²) in [5.41, 5.74) is 0. The third-order valence-corrected chi connectivity index (χ3v) is 3.46. The molecule has 3 aliphatic rings. The van der Waals surface area contributed by atoms with Crippen molar-refractivity contribution in [2.75, 3.05) is 0 Å². The van der Waals surface area contributed by atoms with Gasteiger partial charge in [-0.15, -0.1) is 0 Å². The van der Waals surface area contributed by atoms with Crippen LogP contribution >= 0.6 is 13.5 Å². The monoisotopic (exact) mass is 166 g/mol. The molecule has 1 heteroatoms.